The molecule has 120 valence electrons. The van der Waals surface area contributed by atoms with Crippen molar-refractivity contribution in [2.45, 2.75) is 19.4 Å². The molecule has 2 aromatic rings. The first-order valence-corrected chi connectivity index (χ1v) is 7.57. The van der Waals surface area contributed by atoms with Crippen molar-refractivity contribution >= 4 is 17.5 Å². The minimum Gasteiger partial charge on any atom is -0.494 e. The zero-order valence-corrected chi connectivity index (χ0v) is 12.9. The van der Waals surface area contributed by atoms with Gasteiger partial charge in [0.1, 0.15) is 11.6 Å². The Hall–Kier alpha value is -2.76. The third-order valence-electron chi connectivity index (χ3n) is 3.57. The predicted octanol–water partition coefficient (Wildman–Crippen LogP) is 2.25. The number of para-hydroxylation sites is 1. The molecule has 0 saturated carbocycles. The number of nitrogen functional groups attached to an aromatic ring is 1. The molecule has 6 nitrogen and oxygen atoms in total. The van der Waals surface area contributed by atoms with Gasteiger partial charge in [0.2, 0.25) is 0 Å². The number of amides is 1. The van der Waals surface area contributed by atoms with Gasteiger partial charge in [-0.3, -0.25) is 9.69 Å². The zero-order chi connectivity index (χ0) is 16.2. The average Bonchev–Trinajstić information content (AvgIpc) is 2.56. The van der Waals surface area contributed by atoms with E-state index >= 15 is 0 Å². The molecule has 1 aromatic carbocycles. The summed E-state index contributed by atoms with van der Waals surface area (Å²) < 4.78 is 11.2. The summed E-state index contributed by atoms with van der Waals surface area (Å²) >= 11 is 0. The number of ether oxygens (including phenoxy) is 2. The molecule has 0 saturated heterocycles. The normalized spacial score (nSPS) is 16.7. The van der Waals surface area contributed by atoms with Gasteiger partial charge >= 0.3 is 0 Å². The summed E-state index contributed by atoms with van der Waals surface area (Å²) in [6, 6.07) is 13.0. The molecule has 0 bridgehead atoms. The molecule has 2 N–H and O–H groups in total. The molecule has 6 heteroatoms. The summed E-state index contributed by atoms with van der Waals surface area (Å²) in [7, 11) is 0. The van der Waals surface area contributed by atoms with Crippen LogP contribution in [0.5, 0.6) is 11.5 Å². The van der Waals surface area contributed by atoms with E-state index in [-0.39, 0.29) is 5.91 Å². The highest BCUT2D eigenvalue weighted by Crippen LogP contribution is 2.32. The average molecular weight is 313 g/mol. The fourth-order valence-electron chi connectivity index (χ4n) is 2.45. The monoisotopic (exact) mass is 313 g/mol. The van der Waals surface area contributed by atoms with E-state index in [1.54, 1.807) is 24.0 Å². The largest absolute Gasteiger partial charge is 0.494 e. The van der Waals surface area contributed by atoms with Crippen LogP contribution < -0.4 is 20.1 Å². The number of anilines is 2. The van der Waals surface area contributed by atoms with E-state index in [1.807, 2.05) is 30.3 Å². The van der Waals surface area contributed by atoms with Crippen LogP contribution in [0, 0.1) is 0 Å². The number of hydrogen-bond acceptors (Lipinski definition) is 5. The molecule has 1 aromatic heterocycles. The number of aromatic nitrogens is 1. The summed E-state index contributed by atoms with van der Waals surface area (Å²) in [6.45, 7) is 2.75. The van der Waals surface area contributed by atoms with Crippen molar-refractivity contribution in [3.05, 3.63) is 42.5 Å². The number of carbonyl (C=O) groups excluding carboxylic acids is 1. The second kappa shape index (κ2) is 6.56. The molecule has 1 amide bonds. The van der Waals surface area contributed by atoms with Gasteiger partial charge in [0, 0.05) is 6.54 Å². The summed E-state index contributed by atoms with van der Waals surface area (Å²) in [5.74, 6) is 2.12. The molecule has 1 aliphatic heterocycles. The van der Waals surface area contributed by atoms with E-state index < -0.39 is 6.10 Å². The van der Waals surface area contributed by atoms with Crippen LogP contribution in [0.1, 0.15) is 13.3 Å². The Labute approximate surface area is 134 Å². The van der Waals surface area contributed by atoms with Gasteiger partial charge in [-0.15, -0.1) is 0 Å². The standard InChI is InChI=1S/C17H19N3O3/c1-12-17(21)20(16-14(23-12)8-9-15(18)19-16)10-5-11-22-13-6-3-2-4-7-13/h2-4,6-9,12H,5,10-11H2,1H3,(H2,18,19). The Morgan fingerprint density at radius 3 is 2.83 bits per heavy atom. The summed E-state index contributed by atoms with van der Waals surface area (Å²) in [4.78, 5) is 18.2. The SMILES string of the molecule is CC1Oc2ccc(N)nc2N(CCCOc2ccccc2)C1=O. The lowest BCUT2D eigenvalue weighted by Crippen LogP contribution is -2.45. The number of hydrogen-bond donors (Lipinski definition) is 1. The van der Waals surface area contributed by atoms with Crippen LogP contribution >= 0.6 is 0 Å². The van der Waals surface area contributed by atoms with Crippen molar-refractivity contribution in [2.75, 3.05) is 23.8 Å². The van der Waals surface area contributed by atoms with Crippen molar-refractivity contribution in [1.29, 1.82) is 0 Å². The molecule has 1 atom stereocenters. The Bertz CT molecular complexity index is 691. The number of nitrogens with two attached hydrogens (primary N) is 1. The van der Waals surface area contributed by atoms with Crippen molar-refractivity contribution in [3.63, 3.8) is 0 Å². The van der Waals surface area contributed by atoms with Crippen LogP contribution in [0.3, 0.4) is 0 Å². The minimum atomic E-state index is -0.525. The second-order valence-electron chi connectivity index (χ2n) is 5.32. The molecule has 0 aliphatic carbocycles. The third-order valence-corrected chi connectivity index (χ3v) is 3.57. The quantitative estimate of drug-likeness (QED) is 0.857. The van der Waals surface area contributed by atoms with E-state index in [0.717, 1.165) is 5.75 Å². The van der Waals surface area contributed by atoms with Crippen molar-refractivity contribution < 1.29 is 14.3 Å². The number of pyridine rings is 1. The molecule has 0 spiro atoms. The van der Waals surface area contributed by atoms with E-state index in [0.29, 0.717) is 37.0 Å². The van der Waals surface area contributed by atoms with Crippen LogP contribution in [0.4, 0.5) is 11.6 Å². The van der Waals surface area contributed by atoms with Gasteiger partial charge in [0.25, 0.3) is 5.91 Å². The van der Waals surface area contributed by atoms with Gasteiger partial charge in [-0.05, 0) is 37.6 Å². The molecular weight excluding hydrogens is 294 g/mol. The highest BCUT2D eigenvalue weighted by atomic mass is 16.5. The first-order valence-electron chi connectivity index (χ1n) is 7.57. The highest BCUT2D eigenvalue weighted by molar-refractivity contribution is 5.98. The molecule has 23 heavy (non-hydrogen) atoms. The summed E-state index contributed by atoms with van der Waals surface area (Å²) in [6.07, 6.45) is 0.159. The fraction of sp³-hybridized carbons (Fsp3) is 0.294. The smallest absolute Gasteiger partial charge is 0.269 e. The minimum absolute atomic E-state index is 0.115. The molecule has 0 fully saturated rings. The van der Waals surface area contributed by atoms with Crippen LogP contribution in [-0.4, -0.2) is 30.1 Å². The van der Waals surface area contributed by atoms with Crippen molar-refractivity contribution in [2.24, 2.45) is 0 Å². The van der Waals surface area contributed by atoms with Gasteiger partial charge in [0.15, 0.2) is 17.7 Å². The van der Waals surface area contributed by atoms with Crippen LogP contribution in [0.2, 0.25) is 0 Å². The number of rotatable bonds is 5. The lowest BCUT2D eigenvalue weighted by atomic mass is 10.2. The summed E-state index contributed by atoms with van der Waals surface area (Å²) in [5, 5.41) is 0. The van der Waals surface area contributed by atoms with Crippen molar-refractivity contribution in [3.8, 4) is 11.5 Å². The maximum absolute atomic E-state index is 12.3. The maximum atomic E-state index is 12.3. The molecule has 3 rings (SSSR count). The van der Waals surface area contributed by atoms with Gasteiger partial charge in [-0.2, -0.15) is 0 Å². The van der Waals surface area contributed by atoms with Crippen LogP contribution in [0.15, 0.2) is 42.5 Å². The first-order chi connectivity index (χ1) is 11.1. The Kier molecular flexibility index (Phi) is 4.32. The first kappa shape index (κ1) is 15.1. The molecule has 0 radical (unpaired) electrons. The zero-order valence-electron chi connectivity index (χ0n) is 12.9. The maximum Gasteiger partial charge on any atom is 0.269 e. The van der Waals surface area contributed by atoms with Crippen molar-refractivity contribution in [1.82, 2.24) is 4.98 Å². The lowest BCUT2D eigenvalue weighted by Gasteiger charge is -2.32. The Morgan fingerprint density at radius 2 is 2.04 bits per heavy atom. The molecular formula is C17H19N3O3. The molecule has 1 unspecified atom stereocenters. The van der Waals surface area contributed by atoms with Crippen LogP contribution in [0.25, 0.3) is 0 Å². The van der Waals surface area contributed by atoms with Gasteiger partial charge in [-0.1, -0.05) is 18.2 Å². The Morgan fingerprint density at radius 1 is 1.26 bits per heavy atom. The summed E-state index contributed by atoms with van der Waals surface area (Å²) in [5.41, 5.74) is 5.73. The third kappa shape index (κ3) is 3.36. The fourth-order valence-corrected chi connectivity index (χ4v) is 2.45. The second-order valence-corrected chi connectivity index (χ2v) is 5.32. The number of carbonyl (C=O) groups is 1. The van der Waals surface area contributed by atoms with Crippen LogP contribution in [-0.2, 0) is 4.79 Å². The number of fused-ring (bicyclic) bond motifs is 1. The van der Waals surface area contributed by atoms with E-state index in [1.165, 1.54) is 0 Å². The predicted molar refractivity (Wildman–Crippen MR) is 87.6 cm³/mol. The molecule has 1 aliphatic rings. The highest BCUT2D eigenvalue weighted by Gasteiger charge is 2.32. The number of nitrogens with zero attached hydrogens (tertiary/aromatic N) is 2. The van der Waals surface area contributed by atoms with E-state index in [4.69, 9.17) is 15.2 Å². The lowest BCUT2D eigenvalue weighted by molar-refractivity contribution is -0.125. The Balaban J connectivity index is 1.64. The van der Waals surface area contributed by atoms with Gasteiger partial charge in [0.05, 0.1) is 6.61 Å². The van der Waals surface area contributed by atoms with E-state index in [9.17, 15) is 4.79 Å². The number of benzene rings is 1. The van der Waals surface area contributed by atoms with Gasteiger partial charge < -0.3 is 15.2 Å². The topological polar surface area (TPSA) is 77.7 Å². The van der Waals surface area contributed by atoms with Gasteiger partial charge in [-0.25, -0.2) is 4.98 Å². The van der Waals surface area contributed by atoms with E-state index in [2.05, 4.69) is 4.98 Å². The molecule has 2 heterocycles.